The van der Waals surface area contributed by atoms with Crippen LogP contribution >= 0.6 is 0 Å². The van der Waals surface area contributed by atoms with E-state index in [2.05, 4.69) is 39.5 Å². The Labute approximate surface area is 143 Å². The Balaban J connectivity index is 1.50. The summed E-state index contributed by atoms with van der Waals surface area (Å²) >= 11 is 0. The summed E-state index contributed by atoms with van der Waals surface area (Å²) in [6.45, 7) is 2.74. The molecule has 3 rings (SSSR count). The number of aromatic nitrogens is 1. The van der Waals surface area contributed by atoms with E-state index in [-0.39, 0.29) is 5.91 Å². The van der Waals surface area contributed by atoms with Crippen molar-refractivity contribution in [2.45, 2.75) is 6.42 Å². The standard InChI is InChI=1S/C19H24N4O/c1-22(2)18-9-8-16(13-20-18)19(24)21-12-15-10-11-23(14-15)17-6-4-3-5-7-17/h3-9,13,15H,10-12,14H2,1-2H3,(H,21,24). The third-order valence-corrected chi connectivity index (χ3v) is 4.43. The molecule has 5 heteroatoms. The minimum Gasteiger partial charge on any atom is -0.371 e. The number of nitrogens with zero attached hydrogens (tertiary/aromatic N) is 3. The fraction of sp³-hybridized carbons (Fsp3) is 0.368. The summed E-state index contributed by atoms with van der Waals surface area (Å²) in [5.41, 5.74) is 1.87. The fourth-order valence-electron chi connectivity index (χ4n) is 3.00. The summed E-state index contributed by atoms with van der Waals surface area (Å²) in [7, 11) is 3.86. The maximum absolute atomic E-state index is 12.3. The summed E-state index contributed by atoms with van der Waals surface area (Å²) in [5.74, 6) is 1.29. The molecule has 0 spiro atoms. The van der Waals surface area contributed by atoms with E-state index >= 15 is 0 Å². The molecular weight excluding hydrogens is 300 g/mol. The first-order valence-electron chi connectivity index (χ1n) is 8.35. The molecule has 24 heavy (non-hydrogen) atoms. The average molecular weight is 324 g/mol. The van der Waals surface area contributed by atoms with Gasteiger partial charge in [-0.1, -0.05) is 18.2 Å². The van der Waals surface area contributed by atoms with Gasteiger partial charge >= 0.3 is 0 Å². The van der Waals surface area contributed by atoms with Gasteiger partial charge in [-0.25, -0.2) is 4.98 Å². The Morgan fingerprint density at radius 1 is 1.25 bits per heavy atom. The maximum atomic E-state index is 12.3. The number of anilines is 2. The smallest absolute Gasteiger partial charge is 0.252 e. The van der Waals surface area contributed by atoms with Crippen LogP contribution < -0.4 is 15.1 Å². The molecule has 126 valence electrons. The van der Waals surface area contributed by atoms with Crippen LogP contribution in [0.2, 0.25) is 0 Å². The zero-order chi connectivity index (χ0) is 16.9. The minimum atomic E-state index is -0.0500. The molecule has 2 heterocycles. The topological polar surface area (TPSA) is 48.5 Å². The number of carbonyl (C=O) groups is 1. The second-order valence-electron chi connectivity index (χ2n) is 6.45. The van der Waals surface area contributed by atoms with E-state index in [1.54, 1.807) is 6.20 Å². The van der Waals surface area contributed by atoms with Gasteiger partial charge in [-0.05, 0) is 36.6 Å². The normalized spacial score (nSPS) is 16.9. The van der Waals surface area contributed by atoms with Crippen LogP contribution in [0.1, 0.15) is 16.8 Å². The van der Waals surface area contributed by atoms with Crippen molar-refractivity contribution in [1.29, 1.82) is 0 Å². The highest BCUT2D eigenvalue weighted by Crippen LogP contribution is 2.23. The van der Waals surface area contributed by atoms with E-state index < -0.39 is 0 Å². The summed E-state index contributed by atoms with van der Waals surface area (Å²) in [6.07, 6.45) is 2.74. The zero-order valence-electron chi connectivity index (χ0n) is 14.3. The largest absolute Gasteiger partial charge is 0.371 e. The lowest BCUT2D eigenvalue weighted by Crippen LogP contribution is -2.31. The van der Waals surface area contributed by atoms with Crippen molar-refractivity contribution in [3.8, 4) is 0 Å². The molecule has 0 aliphatic carbocycles. The van der Waals surface area contributed by atoms with Crippen LogP contribution in [0, 0.1) is 5.92 Å². The highest BCUT2D eigenvalue weighted by molar-refractivity contribution is 5.94. The molecule has 0 saturated carbocycles. The lowest BCUT2D eigenvalue weighted by Gasteiger charge is -2.18. The molecule has 1 saturated heterocycles. The second kappa shape index (κ2) is 7.34. The van der Waals surface area contributed by atoms with E-state index in [1.807, 2.05) is 37.2 Å². The Hall–Kier alpha value is -2.56. The van der Waals surface area contributed by atoms with E-state index in [0.717, 1.165) is 25.3 Å². The molecule has 1 aromatic carbocycles. The van der Waals surface area contributed by atoms with Crippen molar-refractivity contribution in [2.75, 3.05) is 43.5 Å². The van der Waals surface area contributed by atoms with Gasteiger partial charge < -0.3 is 15.1 Å². The monoisotopic (exact) mass is 324 g/mol. The number of carbonyl (C=O) groups excluding carboxylic acids is 1. The molecule has 1 aliphatic rings. The van der Waals surface area contributed by atoms with Gasteiger partial charge in [0.15, 0.2) is 0 Å². The average Bonchev–Trinajstić information content (AvgIpc) is 3.09. The predicted octanol–water partition coefficient (Wildman–Crippen LogP) is 2.40. The van der Waals surface area contributed by atoms with Crippen molar-refractivity contribution >= 4 is 17.4 Å². The third-order valence-electron chi connectivity index (χ3n) is 4.43. The summed E-state index contributed by atoms with van der Waals surface area (Å²) in [6, 6.07) is 14.1. The molecule has 1 atom stereocenters. The summed E-state index contributed by atoms with van der Waals surface area (Å²) < 4.78 is 0. The van der Waals surface area contributed by atoms with Gasteiger partial charge in [-0.3, -0.25) is 4.79 Å². The van der Waals surface area contributed by atoms with E-state index in [0.29, 0.717) is 18.0 Å². The Morgan fingerprint density at radius 3 is 2.71 bits per heavy atom. The molecule has 1 aromatic heterocycles. The fourth-order valence-corrected chi connectivity index (χ4v) is 3.00. The predicted molar refractivity (Wildman–Crippen MR) is 97.7 cm³/mol. The lowest BCUT2D eigenvalue weighted by molar-refractivity contribution is 0.0948. The van der Waals surface area contributed by atoms with Crippen molar-refractivity contribution in [3.05, 3.63) is 54.2 Å². The molecule has 2 aromatic rings. The number of nitrogens with one attached hydrogen (secondary N) is 1. The Bertz CT molecular complexity index is 670. The first-order chi connectivity index (χ1) is 11.6. The van der Waals surface area contributed by atoms with Crippen molar-refractivity contribution < 1.29 is 4.79 Å². The van der Waals surface area contributed by atoms with Crippen molar-refractivity contribution in [1.82, 2.24) is 10.3 Å². The SMILES string of the molecule is CN(C)c1ccc(C(=O)NCC2CCN(c3ccccc3)C2)cn1. The zero-order valence-corrected chi connectivity index (χ0v) is 14.3. The molecule has 1 fully saturated rings. The van der Waals surface area contributed by atoms with Crippen LogP contribution in [-0.2, 0) is 0 Å². The number of rotatable bonds is 5. The van der Waals surface area contributed by atoms with Crippen LogP contribution in [-0.4, -0.2) is 44.6 Å². The van der Waals surface area contributed by atoms with Crippen LogP contribution in [0.25, 0.3) is 0 Å². The van der Waals surface area contributed by atoms with Crippen LogP contribution in [0.5, 0.6) is 0 Å². The number of pyridine rings is 1. The van der Waals surface area contributed by atoms with Crippen LogP contribution in [0.3, 0.4) is 0 Å². The number of para-hydroxylation sites is 1. The number of amides is 1. The van der Waals surface area contributed by atoms with Crippen molar-refractivity contribution in [2.24, 2.45) is 5.92 Å². The van der Waals surface area contributed by atoms with Crippen LogP contribution in [0.15, 0.2) is 48.7 Å². The first-order valence-corrected chi connectivity index (χ1v) is 8.35. The van der Waals surface area contributed by atoms with E-state index in [1.165, 1.54) is 5.69 Å². The number of hydrogen-bond donors (Lipinski definition) is 1. The van der Waals surface area contributed by atoms with Gasteiger partial charge in [0.05, 0.1) is 5.56 Å². The Kier molecular flexibility index (Phi) is 4.99. The maximum Gasteiger partial charge on any atom is 0.252 e. The third kappa shape index (κ3) is 3.85. The lowest BCUT2D eigenvalue weighted by atomic mass is 10.1. The van der Waals surface area contributed by atoms with Gasteiger partial charge in [-0.15, -0.1) is 0 Å². The minimum absolute atomic E-state index is 0.0500. The van der Waals surface area contributed by atoms with Crippen molar-refractivity contribution in [3.63, 3.8) is 0 Å². The Morgan fingerprint density at radius 2 is 2.04 bits per heavy atom. The molecule has 5 nitrogen and oxygen atoms in total. The number of benzene rings is 1. The van der Waals surface area contributed by atoms with E-state index in [4.69, 9.17) is 0 Å². The highest BCUT2D eigenvalue weighted by atomic mass is 16.1. The van der Waals surface area contributed by atoms with E-state index in [9.17, 15) is 4.79 Å². The molecule has 1 aliphatic heterocycles. The molecule has 1 unspecified atom stereocenters. The van der Waals surface area contributed by atoms with Gasteiger partial charge in [0.2, 0.25) is 0 Å². The van der Waals surface area contributed by atoms with Gasteiger partial charge in [0, 0.05) is 45.6 Å². The van der Waals surface area contributed by atoms with Gasteiger partial charge in [0.25, 0.3) is 5.91 Å². The van der Waals surface area contributed by atoms with Gasteiger partial charge in [0.1, 0.15) is 5.82 Å². The van der Waals surface area contributed by atoms with Gasteiger partial charge in [-0.2, -0.15) is 0 Å². The molecule has 0 bridgehead atoms. The summed E-state index contributed by atoms with van der Waals surface area (Å²) in [5, 5.41) is 3.04. The highest BCUT2D eigenvalue weighted by Gasteiger charge is 2.23. The second-order valence-corrected chi connectivity index (χ2v) is 6.45. The van der Waals surface area contributed by atoms with Crippen LogP contribution in [0.4, 0.5) is 11.5 Å². The molecule has 1 N–H and O–H groups in total. The number of hydrogen-bond acceptors (Lipinski definition) is 4. The summed E-state index contributed by atoms with van der Waals surface area (Å²) in [4.78, 5) is 20.8. The molecule has 0 radical (unpaired) electrons. The quantitative estimate of drug-likeness (QED) is 0.917. The molecular formula is C19H24N4O. The first kappa shape index (κ1) is 16.3. The molecule has 1 amide bonds.